The molecule has 0 aliphatic heterocycles. The predicted octanol–water partition coefficient (Wildman–Crippen LogP) is 2.43. The van der Waals surface area contributed by atoms with Crippen LogP contribution in [0.15, 0.2) is 6.20 Å². The van der Waals surface area contributed by atoms with Gasteiger partial charge in [0.05, 0.1) is 11.2 Å². The molecule has 17 heavy (non-hydrogen) atoms. The van der Waals surface area contributed by atoms with Gasteiger partial charge in [0.15, 0.2) is 5.78 Å². The molecule has 1 fully saturated rings. The van der Waals surface area contributed by atoms with Crippen molar-refractivity contribution in [3.63, 3.8) is 0 Å². The Morgan fingerprint density at radius 1 is 1.65 bits per heavy atom. The van der Waals surface area contributed by atoms with E-state index < -0.39 is 0 Å². The first-order chi connectivity index (χ1) is 8.00. The van der Waals surface area contributed by atoms with Gasteiger partial charge in [-0.3, -0.25) is 9.48 Å². The number of hydrogen-bond donors (Lipinski definition) is 1. The lowest BCUT2D eigenvalue weighted by atomic mass is 10.0. The average molecular weight is 256 g/mol. The number of nitrogens with zero attached hydrogens (tertiary/aromatic N) is 2. The van der Waals surface area contributed by atoms with Gasteiger partial charge in [0.25, 0.3) is 0 Å². The second kappa shape index (κ2) is 4.78. The number of carbonyl (C=O) groups is 1. The Balaban J connectivity index is 2.14. The molecule has 1 heterocycles. The van der Waals surface area contributed by atoms with Crippen molar-refractivity contribution < 1.29 is 4.79 Å². The molecule has 2 rings (SSSR count). The SMILES string of the molecule is CC(C)n1ncc(Cl)c1C(=O)CC(N)C1CC1. The van der Waals surface area contributed by atoms with E-state index >= 15 is 0 Å². The Kier molecular flexibility index (Phi) is 3.54. The molecule has 1 aromatic heterocycles. The highest BCUT2D eigenvalue weighted by atomic mass is 35.5. The van der Waals surface area contributed by atoms with Gasteiger partial charge in [-0.1, -0.05) is 11.6 Å². The maximum atomic E-state index is 12.2. The molecule has 0 aromatic carbocycles. The van der Waals surface area contributed by atoms with Crippen LogP contribution in [0.3, 0.4) is 0 Å². The first-order valence-corrected chi connectivity index (χ1v) is 6.40. The van der Waals surface area contributed by atoms with E-state index in [9.17, 15) is 4.79 Å². The molecule has 1 aliphatic rings. The van der Waals surface area contributed by atoms with Gasteiger partial charge >= 0.3 is 0 Å². The molecule has 94 valence electrons. The van der Waals surface area contributed by atoms with Crippen LogP contribution >= 0.6 is 11.6 Å². The number of halogens is 1. The van der Waals surface area contributed by atoms with Crippen LogP contribution in [0.25, 0.3) is 0 Å². The van der Waals surface area contributed by atoms with Crippen LogP contribution in [0.2, 0.25) is 5.02 Å². The lowest BCUT2D eigenvalue weighted by Gasteiger charge is -2.13. The smallest absolute Gasteiger partial charge is 0.183 e. The van der Waals surface area contributed by atoms with Gasteiger partial charge in [0, 0.05) is 18.5 Å². The largest absolute Gasteiger partial charge is 0.327 e. The topological polar surface area (TPSA) is 60.9 Å². The van der Waals surface area contributed by atoms with Crippen molar-refractivity contribution in [1.82, 2.24) is 9.78 Å². The number of carbonyl (C=O) groups excluding carboxylic acids is 1. The molecule has 2 N–H and O–H groups in total. The normalized spacial score (nSPS) is 17.5. The summed E-state index contributed by atoms with van der Waals surface area (Å²) >= 11 is 6.02. The quantitative estimate of drug-likeness (QED) is 0.822. The van der Waals surface area contributed by atoms with Crippen molar-refractivity contribution in [3.05, 3.63) is 16.9 Å². The van der Waals surface area contributed by atoms with Gasteiger partial charge in [0.2, 0.25) is 0 Å². The number of aromatic nitrogens is 2. The van der Waals surface area contributed by atoms with Crippen LogP contribution in [0, 0.1) is 5.92 Å². The van der Waals surface area contributed by atoms with E-state index in [2.05, 4.69) is 5.10 Å². The highest BCUT2D eigenvalue weighted by molar-refractivity contribution is 6.33. The summed E-state index contributed by atoms with van der Waals surface area (Å²) < 4.78 is 1.67. The summed E-state index contributed by atoms with van der Waals surface area (Å²) in [5.41, 5.74) is 6.47. The molecule has 1 aromatic rings. The van der Waals surface area contributed by atoms with E-state index in [1.54, 1.807) is 4.68 Å². The molecule has 0 saturated heterocycles. The summed E-state index contributed by atoms with van der Waals surface area (Å²) in [6, 6.07) is 0.0904. The van der Waals surface area contributed by atoms with Crippen LogP contribution in [-0.2, 0) is 0 Å². The third-order valence-electron chi connectivity index (χ3n) is 3.15. The van der Waals surface area contributed by atoms with E-state index in [4.69, 9.17) is 17.3 Å². The molecule has 1 aliphatic carbocycles. The average Bonchev–Trinajstić information content (AvgIpc) is 3.01. The Morgan fingerprint density at radius 3 is 2.82 bits per heavy atom. The molecular formula is C12H18ClN3O. The minimum absolute atomic E-state index is 0.000556. The lowest BCUT2D eigenvalue weighted by molar-refractivity contribution is 0.0959. The fourth-order valence-electron chi connectivity index (χ4n) is 2.00. The first-order valence-electron chi connectivity index (χ1n) is 6.02. The van der Waals surface area contributed by atoms with E-state index in [0.29, 0.717) is 23.1 Å². The fraction of sp³-hybridized carbons (Fsp3) is 0.667. The van der Waals surface area contributed by atoms with Crippen LogP contribution in [0.1, 0.15) is 49.6 Å². The number of Topliss-reactive ketones (excluding diaryl/α,β-unsaturated/α-hetero) is 1. The van der Waals surface area contributed by atoms with Crippen molar-refractivity contribution in [1.29, 1.82) is 0 Å². The maximum Gasteiger partial charge on any atom is 0.183 e. The number of nitrogens with two attached hydrogens (primary N) is 1. The van der Waals surface area contributed by atoms with Crippen molar-refractivity contribution in [2.45, 2.75) is 45.2 Å². The zero-order chi connectivity index (χ0) is 12.6. The summed E-state index contributed by atoms with van der Waals surface area (Å²) in [5, 5.41) is 4.55. The third kappa shape index (κ3) is 2.69. The summed E-state index contributed by atoms with van der Waals surface area (Å²) in [5.74, 6) is 0.522. The number of hydrogen-bond acceptors (Lipinski definition) is 3. The van der Waals surface area contributed by atoms with E-state index in [1.165, 1.54) is 6.20 Å². The highest BCUT2D eigenvalue weighted by Crippen LogP contribution is 2.33. The Labute approximate surface area is 106 Å². The van der Waals surface area contributed by atoms with Gasteiger partial charge in [-0.25, -0.2) is 0 Å². The highest BCUT2D eigenvalue weighted by Gasteiger charge is 2.31. The Bertz CT molecular complexity index is 423. The summed E-state index contributed by atoms with van der Waals surface area (Å²) in [7, 11) is 0. The van der Waals surface area contributed by atoms with Crippen molar-refractivity contribution in [3.8, 4) is 0 Å². The molecule has 5 heteroatoms. The van der Waals surface area contributed by atoms with Crippen molar-refractivity contribution in [2.24, 2.45) is 11.7 Å². The minimum Gasteiger partial charge on any atom is -0.327 e. The van der Waals surface area contributed by atoms with E-state index in [-0.39, 0.29) is 17.9 Å². The maximum absolute atomic E-state index is 12.2. The monoisotopic (exact) mass is 255 g/mol. The molecule has 1 saturated carbocycles. The molecule has 1 unspecified atom stereocenters. The summed E-state index contributed by atoms with van der Waals surface area (Å²) in [4.78, 5) is 12.2. The summed E-state index contributed by atoms with van der Waals surface area (Å²) in [6.45, 7) is 3.95. The van der Waals surface area contributed by atoms with Gasteiger partial charge in [-0.2, -0.15) is 5.10 Å². The van der Waals surface area contributed by atoms with Crippen molar-refractivity contribution in [2.75, 3.05) is 0 Å². The standard InChI is InChI=1S/C12H18ClN3O/c1-7(2)16-12(9(13)6-15-16)11(17)5-10(14)8-3-4-8/h6-8,10H,3-5,14H2,1-2H3. The molecule has 0 spiro atoms. The van der Waals surface area contributed by atoms with Crippen LogP contribution in [-0.4, -0.2) is 21.6 Å². The van der Waals surface area contributed by atoms with Crippen LogP contribution in [0.4, 0.5) is 0 Å². The molecule has 1 atom stereocenters. The fourth-order valence-corrected chi connectivity index (χ4v) is 2.23. The Hall–Kier alpha value is -0.870. The van der Waals surface area contributed by atoms with E-state index in [0.717, 1.165) is 12.8 Å². The molecule has 0 radical (unpaired) electrons. The Morgan fingerprint density at radius 2 is 2.29 bits per heavy atom. The zero-order valence-corrected chi connectivity index (χ0v) is 10.9. The molecular weight excluding hydrogens is 238 g/mol. The molecule has 0 bridgehead atoms. The van der Waals surface area contributed by atoms with E-state index in [1.807, 2.05) is 13.8 Å². The first kappa shape index (κ1) is 12.6. The number of rotatable bonds is 5. The van der Waals surface area contributed by atoms with Gasteiger partial charge < -0.3 is 5.73 Å². The van der Waals surface area contributed by atoms with Crippen LogP contribution < -0.4 is 5.73 Å². The molecule has 0 amide bonds. The van der Waals surface area contributed by atoms with Gasteiger partial charge in [-0.15, -0.1) is 0 Å². The number of ketones is 1. The summed E-state index contributed by atoms with van der Waals surface area (Å²) in [6.07, 6.45) is 4.18. The van der Waals surface area contributed by atoms with Gasteiger partial charge in [0.1, 0.15) is 5.69 Å². The third-order valence-corrected chi connectivity index (χ3v) is 3.43. The second-order valence-corrected chi connectivity index (χ2v) is 5.42. The molecule has 4 nitrogen and oxygen atoms in total. The van der Waals surface area contributed by atoms with Crippen molar-refractivity contribution >= 4 is 17.4 Å². The van der Waals surface area contributed by atoms with Gasteiger partial charge in [-0.05, 0) is 32.6 Å². The second-order valence-electron chi connectivity index (χ2n) is 5.01. The minimum atomic E-state index is -0.0333. The zero-order valence-electron chi connectivity index (χ0n) is 10.2. The lowest BCUT2D eigenvalue weighted by Crippen LogP contribution is -2.27. The predicted molar refractivity (Wildman–Crippen MR) is 67.3 cm³/mol. The van der Waals surface area contributed by atoms with Crippen LogP contribution in [0.5, 0.6) is 0 Å².